The molecule has 0 spiro atoms. The average Bonchev–Trinajstić information content (AvgIpc) is 2.93. The van der Waals surface area contributed by atoms with Crippen molar-refractivity contribution in [3.8, 4) is 0 Å². The number of rotatable bonds is 3. The Hall–Kier alpha value is -2.62. The number of aryl methyl sites for hydroxylation is 3. The van der Waals surface area contributed by atoms with E-state index in [0.29, 0.717) is 6.54 Å². The predicted molar refractivity (Wildman–Crippen MR) is 96.2 cm³/mol. The van der Waals surface area contributed by atoms with Crippen LogP contribution in [0.15, 0.2) is 42.5 Å². The van der Waals surface area contributed by atoms with Crippen LogP contribution < -0.4 is 10.2 Å². The van der Waals surface area contributed by atoms with Crippen LogP contribution in [0.1, 0.15) is 23.1 Å². The van der Waals surface area contributed by atoms with Crippen molar-refractivity contribution in [1.82, 2.24) is 0 Å². The van der Waals surface area contributed by atoms with Crippen molar-refractivity contribution in [2.45, 2.75) is 27.2 Å². The fraction of sp³-hybridized carbons (Fsp3) is 0.300. The highest BCUT2D eigenvalue weighted by atomic mass is 16.2. The molecule has 1 aliphatic rings. The molecule has 1 aliphatic heterocycles. The van der Waals surface area contributed by atoms with Gasteiger partial charge < -0.3 is 10.2 Å². The van der Waals surface area contributed by atoms with E-state index < -0.39 is 0 Å². The molecule has 2 amide bonds. The van der Waals surface area contributed by atoms with Gasteiger partial charge in [-0.15, -0.1) is 0 Å². The summed E-state index contributed by atoms with van der Waals surface area (Å²) in [6.45, 7) is 6.46. The first-order chi connectivity index (χ1) is 11.5. The molecule has 1 atom stereocenters. The lowest BCUT2D eigenvalue weighted by Gasteiger charge is -2.19. The molecule has 2 aromatic rings. The van der Waals surface area contributed by atoms with Gasteiger partial charge in [-0.2, -0.15) is 0 Å². The molecule has 4 heteroatoms. The Morgan fingerprint density at radius 1 is 1.04 bits per heavy atom. The fourth-order valence-electron chi connectivity index (χ4n) is 3.05. The van der Waals surface area contributed by atoms with Crippen LogP contribution in [0.3, 0.4) is 0 Å². The van der Waals surface area contributed by atoms with E-state index in [-0.39, 0.29) is 24.2 Å². The Morgan fingerprint density at radius 2 is 1.79 bits per heavy atom. The number of benzene rings is 2. The van der Waals surface area contributed by atoms with Gasteiger partial charge in [0.25, 0.3) is 0 Å². The molecule has 0 bridgehead atoms. The maximum atomic E-state index is 12.5. The summed E-state index contributed by atoms with van der Waals surface area (Å²) in [4.78, 5) is 26.6. The topological polar surface area (TPSA) is 49.4 Å². The third-order valence-electron chi connectivity index (χ3n) is 4.68. The van der Waals surface area contributed by atoms with Crippen LogP contribution in [0.25, 0.3) is 0 Å². The van der Waals surface area contributed by atoms with E-state index in [1.54, 1.807) is 4.90 Å². The molecule has 0 radical (unpaired) electrons. The van der Waals surface area contributed by atoms with E-state index in [4.69, 9.17) is 0 Å². The maximum absolute atomic E-state index is 12.5. The zero-order valence-corrected chi connectivity index (χ0v) is 14.3. The van der Waals surface area contributed by atoms with Crippen molar-refractivity contribution in [1.29, 1.82) is 0 Å². The molecule has 0 aromatic heterocycles. The van der Waals surface area contributed by atoms with Gasteiger partial charge in [-0.3, -0.25) is 9.59 Å². The number of hydrogen-bond donors (Lipinski definition) is 1. The molecule has 4 nitrogen and oxygen atoms in total. The molecule has 1 fully saturated rings. The molecule has 3 rings (SSSR count). The van der Waals surface area contributed by atoms with Crippen LogP contribution in [0, 0.1) is 26.7 Å². The maximum Gasteiger partial charge on any atom is 0.229 e. The summed E-state index contributed by atoms with van der Waals surface area (Å²) >= 11 is 0. The van der Waals surface area contributed by atoms with Gasteiger partial charge in [0.1, 0.15) is 0 Å². The molecule has 1 heterocycles. The smallest absolute Gasteiger partial charge is 0.229 e. The first kappa shape index (κ1) is 16.2. The third kappa shape index (κ3) is 3.18. The monoisotopic (exact) mass is 322 g/mol. The van der Waals surface area contributed by atoms with Crippen LogP contribution >= 0.6 is 0 Å². The predicted octanol–water partition coefficient (Wildman–Crippen LogP) is 3.60. The van der Waals surface area contributed by atoms with E-state index >= 15 is 0 Å². The van der Waals surface area contributed by atoms with Crippen LogP contribution in [-0.4, -0.2) is 18.4 Å². The lowest BCUT2D eigenvalue weighted by Crippen LogP contribution is -2.28. The molecule has 124 valence electrons. The van der Waals surface area contributed by atoms with E-state index in [9.17, 15) is 9.59 Å². The number of carbonyl (C=O) groups excluding carboxylic acids is 2. The third-order valence-corrected chi connectivity index (χ3v) is 4.68. The van der Waals surface area contributed by atoms with Gasteiger partial charge in [0.15, 0.2) is 0 Å². The highest BCUT2D eigenvalue weighted by molar-refractivity contribution is 6.03. The summed E-state index contributed by atoms with van der Waals surface area (Å²) in [6, 6.07) is 13.6. The molecule has 1 N–H and O–H groups in total. The average molecular weight is 322 g/mol. The van der Waals surface area contributed by atoms with Gasteiger partial charge in [-0.1, -0.05) is 24.3 Å². The standard InChI is InChI=1S/C20H22N2O2/c1-13-8-9-17(10-15(13)3)21-20(24)16-11-19(23)22(12-16)18-7-5-4-6-14(18)2/h4-10,16H,11-12H2,1-3H3,(H,21,24)/t16-/m0/s1. The summed E-state index contributed by atoms with van der Waals surface area (Å²) < 4.78 is 0. The minimum atomic E-state index is -0.321. The Labute approximate surface area is 142 Å². The van der Waals surface area contributed by atoms with E-state index in [2.05, 4.69) is 5.32 Å². The van der Waals surface area contributed by atoms with E-state index in [1.165, 1.54) is 5.56 Å². The number of amides is 2. The van der Waals surface area contributed by atoms with Crippen molar-refractivity contribution in [3.05, 3.63) is 59.2 Å². The van der Waals surface area contributed by atoms with Crippen LogP contribution in [0.4, 0.5) is 11.4 Å². The van der Waals surface area contributed by atoms with Gasteiger partial charge in [-0.05, 0) is 55.7 Å². The van der Waals surface area contributed by atoms with E-state index in [0.717, 1.165) is 22.5 Å². The molecule has 0 saturated carbocycles. The minimum absolute atomic E-state index is 0.00420. The second-order valence-electron chi connectivity index (χ2n) is 6.48. The van der Waals surface area contributed by atoms with Crippen LogP contribution in [0.5, 0.6) is 0 Å². The molecular weight excluding hydrogens is 300 g/mol. The van der Waals surface area contributed by atoms with Crippen molar-refractivity contribution in [3.63, 3.8) is 0 Å². The highest BCUT2D eigenvalue weighted by Gasteiger charge is 2.35. The lowest BCUT2D eigenvalue weighted by molar-refractivity contribution is -0.122. The Morgan fingerprint density at radius 3 is 2.50 bits per heavy atom. The van der Waals surface area contributed by atoms with Gasteiger partial charge in [0, 0.05) is 24.3 Å². The molecular formula is C20H22N2O2. The summed E-state index contributed by atoms with van der Waals surface area (Å²) in [5.41, 5.74) is 5.04. The SMILES string of the molecule is Cc1ccc(NC(=O)[C@H]2CC(=O)N(c3ccccc3C)C2)cc1C. The van der Waals surface area contributed by atoms with Crippen LogP contribution in [-0.2, 0) is 9.59 Å². The van der Waals surface area contributed by atoms with E-state index in [1.807, 2.05) is 63.2 Å². The Balaban J connectivity index is 1.72. The van der Waals surface area contributed by atoms with Crippen molar-refractivity contribution >= 4 is 23.2 Å². The van der Waals surface area contributed by atoms with Crippen molar-refractivity contribution in [2.75, 3.05) is 16.8 Å². The second kappa shape index (κ2) is 6.48. The molecule has 0 unspecified atom stereocenters. The number of nitrogens with one attached hydrogen (secondary N) is 1. The summed E-state index contributed by atoms with van der Waals surface area (Å²) in [5, 5.41) is 2.94. The molecule has 2 aromatic carbocycles. The normalized spacial score (nSPS) is 17.2. The first-order valence-electron chi connectivity index (χ1n) is 8.20. The number of para-hydroxylation sites is 1. The van der Waals surface area contributed by atoms with Crippen molar-refractivity contribution < 1.29 is 9.59 Å². The zero-order chi connectivity index (χ0) is 17.3. The number of anilines is 2. The minimum Gasteiger partial charge on any atom is -0.326 e. The largest absolute Gasteiger partial charge is 0.326 e. The quantitative estimate of drug-likeness (QED) is 0.938. The van der Waals surface area contributed by atoms with Crippen molar-refractivity contribution in [2.24, 2.45) is 5.92 Å². The Bertz CT molecular complexity index is 798. The number of hydrogen-bond acceptors (Lipinski definition) is 2. The summed E-state index contributed by atoms with van der Waals surface area (Å²) in [5.74, 6) is -0.411. The molecule has 24 heavy (non-hydrogen) atoms. The lowest BCUT2D eigenvalue weighted by atomic mass is 10.1. The molecule has 1 saturated heterocycles. The van der Waals surface area contributed by atoms with Gasteiger partial charge in [0.05, 0.1) is 5.92 Å². The van der Waals surface area contributed by atoms with Gasteiger partial charge in [-0.25, -0.2) is 0 Å². The van der Waals surface area contributed by atoms with Gasteiger partial charge in [0.2, 0.25) is 11.8 Å². The summed E-state index contributed by atoms with van der Waals surface area (Å²) in [6.07, 6.45) is 0.255. The fourth-order valence-corrected chi connectivity index (χ4v) is 3.05. The second-order valence-corrected chi connectivity index (χ2v) is 6.48. The molecule has 0 aliphatic carbocycles. The van der Waals surface area contributed by atoms with Crippen LogP contribution in [0.2, 0.25) is 0 Å². The zero-order valence-electron chi connectivity index (χ0n) is 14.3. The highest BCUT2D eigenvalue weighted by Crippen LogP contribution is 2.28. The Kier molecular flexibility index (Phi) is 4.38. The number of carbonyl (C=O) groups is 2. The van der Waals surface area contributed by atoms with Gasteiger partial charge >= 0.3 is 0 Å². The number of nitrogens with zero attached hydrogens (tertiary/aromatic N) is 1. The first-order valence-corrected chi connectivity index (χ1v) is 8.20. The summed E-state index contributed by atoms with van der Waals surface area (Å²) in [7, 11) is 0.